The van der Waals surface area contributed by atoms with Crippen molar-refractivity contribution < 1.29 is 4.74 Å². The van der Waals surface area contributed by atoms with E-state index in [4.69, 9.17) is 10.5 Å². The molecule has 0 aliphatic heterocycles. The first-order chi connectivity index (χ1) is 8.30. The fourth-order valence-electron chi connectivity index (χ4n) is 1.52. The van der Waals surface area contributed by atoms with Crippen LogP contribution in [0.1, 0.15) is 5.69 Å². The fourth-order valence-corrected chi connectivity index (χ4v) is 1.52. The van der Waals surface area contributed by atoms with Crippen LogP contribution in [0.5, 0.6) is 0 Å². The van der Waals surface area contributed by atoms with E-state index in [0.717, 1.165) is 25.3 Å². The normalized spacial score (nSPS) is 11.0. The zero-order chi connectivity index (χ0) is 12.5. The molecule has 0 saturated heterocycles. The van der Waals surface area contributed by atoms with E-state index >= 15 is 0 Å². The standard InChI is InChI=1S/C11H21N5O/c1-3-5-15(7-8-17-2)9-11-10-16(6-4-12)14-13-11/h3,10H,1,4-9,12H2,2H3. The van der Waals surface area contributed by atoms with Crippen LogP contribution >= 0.6 is 0 Å². The van der Waals surface area contributed by atoms with Gasteiger partial charge in [-0.3, -0.25) is 9.58 Å². The summed E-state index contributed by atoms with van der Waals surface area (Å²) in [6, 6.07) is 0. The van der Waals surface area contributed by atoms with Gasteiger partial charge in [-0.25, -0.2) is 0 Å². The lowest BCUT2D eigenvalue weighted by atomic mass is 10.4. The number of aromatic nitrogens is 3. The molecular weight excluding hydrogens is 218 g/mol. The average molecular weight is 239 g/mol. The first-order valence-corrected chi connectivity index (χ1v) is 5.71. The minimum atomic E-state index is 0.572. The molecule has 0 saturated carbocycles. The first kappa shape index (κ1) is 13.8. The van der Waals surface area contributed by atoms with Gasteiger partial charge in [-0.05, 0) is 0 Å². The second-order valence-electron chi connectivity index (χ2n) is 3.78. The molecule has 1 aromatic rings. The number of methoxy groups -OCH3 is 1. The third-order valence-corrected chi connectivity index (χ3v) is 2.33. The van der Waals surface area contributed by atoms with E-state index in [0.29, 0.717) is 19.7 Å². The Balaban J connectivity index is 2.48. The Labute approximate surface area is 102 Å². The lowest BCUT2D eigenvalue weighted by Crippen LogP contribution is -2.27. The summed E-state index contributed by atoms with van der Waals surface area (Å²) in [6.07, 6.45) is 3.80. The zero-order valence-corrected chi connectivity index (χ0v) is 10.4. The highest BCUT2D eigenvalue weighted by molar-refractivity contribution is 4.93. The molecule has 0 unspecified atom stereocenters. The fraction of sp³-hybridized carbons (Fsp3) is 0.636. The van der Waals surface area contributed by atoms with E-state index in [2.05, 4.69) is 21.8 Å². The predicted molar refractivity (Wildman–Crippen MR) is 66.4 cm³/mol. The molecule has 0 aromatic carbocycles. The van der Waals surface area contributed by atoms with Crippen LogP contribution in [-0.2, 0) is 17.8 Å². The molecule has 0 bridgehead atoms. The highest BCUT2D eigenvalue weighted by Gasteiger charge is 2.07. The van der Waals surface area contributed by atoms with Crippen molar-refractivity contribution in [2.24, 2.45) is 5.73 Å². The predicted octanol–water partition coefficient (Wildman–Crippen LogP) is -0.129. The molecule has 2 N–H and O–H groups in total. The molecule has 0 amide bonds. The third kappa shape index (κ3) is 5.08. The van der Waals surface area contributed by atoms with E-state index in [9.17, 15) is 0 Å². The van der Waals surface area contributed by atoms with Gasteiger partial charge >= 0.3 is 0 Å². The van der Waals surface area contributed by atoms with Crippen molar-refractivity contribution in [2.45, 2.75) is 13.1 Å². The van der Waals surface area contributed by atoms with Crippen LogP contribution < -0.4 is 5.73 Å². The van der Waals surface area contributed by atoms with Crippen molar-refractivity contribution in [3.8, 4) is 0 Å². The van der Waals surface area contributed by atoms with Crippen LogP contribution in [0.2, 0.25) is 0 Å². The summed E-state index contributed by atoms with van der Waals surface area (Å²) < 4.78 is 6.83. The molecule has 0 spiro atoms. The highest BCUT2D eigenvalue weighted by atomic mass is 16.5. The SMILES string of the molecule is C=CCN(CCOC)Cc1cn(CCN)nn1. The van der Waals surface area contributed by atoms with Gasteiger partial charge in [0.05, 0.1) is 18.8 Å². The molecule has 0 radical (unpaired) electrons. The van der Waals surface area contributed by atoms with Gasteiger partial charge in [0, 0.05) is 39.5 Å². The summed E-state index contributed by atoms with van der Waals surface area (Å²) in [4.78, 5) is 2.20. The highest BCUT2D eigenvalue weighted by Crippen LogP contribution is 2.00. The Morgan fingerprint density at radius 1 is 1.65 bits per heavy atom. The Kier molecular flexibility index (Phi) is 6.46. The summed E-state index contributed by atoms with van der Waals surface area (Å²) in [7, 11) is 1.70. The van der Waals surface area contributed by atoms with Gasteiger partial charge in [-0.1, -0.05) is 11.3 Å². The Bertz CT molecular complexity index is 325. The van der Waals surface area contributed by atoms with E-state index in [1.165, 1.54) is 0 Å². The van der Waals surface area contributed by atoms with Gasteiger partial charge in [-0.2, -0.15) is 0 Å². The number of hydrogen-bond acceptors (Lipinski definition) is 5. The van der Waals surface area contributed by atoms with Crippen LogP contribution in [0.4, 0.5) is 0 Å². The van der Waals surface area contributed by atoms with Gasteiger partial charge < -0.3 is 10.5 Å². The number of nitrogens with zero attached hydrogens (tertiary/aromatic N) is 4. The van der Waals surface area contributed by atoms with E-state index in [-0.39, 0.29) is 0 Å². The summed E-state index contributed by atoms with van der Waals surface area (Å²) in [5.74, 6) is 0. The third-order valence-electron chi connectivity index (χ3n) is 2.33. The molecule has 0 aliphatic rings. The smallest absolute Gasteiger partial charge is 0.0967 e. The maximum Gasteiger partial charge on any atom is 0.0967 e. The van der Waals surface area contributed by atoms with Crippen LogP contribution in [0.15, 0.2) is 18.9 Å². The molecule has 0 fully saturated rings. The van der Waals surface area contributed by atoms with E-state index in [1.807, 2.05) is 12.3 Å². The maximum atomic E-state index is 5.46. The van der Waals surface area contributed by atoms with Crippen molar-refractivity contribution in [3.63, 3.8) is 0 Å². The number of rotatable bonds is 9. The molecule has 6 heteroatoms. The van der Waals surface area contributed by atoms with Gasteiger partial charge in [-0.15, -0.1) is 11.7 Å². The van der Waals surface area contributed by atoms with Crippen LogP contribution in [0, 0.1) is 0 Å². The number of ether oxygens (including phenoxy) is 1. The molecule has 1 aromatic heterocycles. The van der Waals surface area contributed by atoms with Crippen molar-refractivity contribution in [3.05, 3.63) is 24.5 Å². The molecule has 96 valence electrons. The molecule has 6 nitrogen and oxygen atoms in total. The van der Waals surface area contributed by atoms with Gasteiger partial charge in [0.15, 0.2) is 0 Å². The van der Waals surface area contributed by atoms with Crippen LogP contribution in [0.3, 0.4) is 0 Å². The summed E-state index contributed by atoms with van der Waals surface area (Å²) in [5.41, 5.74) is 6.40. The average Bonchev–Trinajstić information content (AvgIpc) is 2.74. The summed E-state index contributed by atoms with van der Waals surface area (Å²) in [5, 5.41) is 8.11. The van der Waals surface area contributed by atoms with Crippen LogP contribution in [-0.4, -0.2) is 53.2 Å². The Morgan fingerprint density at radius 3 is 3.12 bits per heavy atom. The maximum absolute atomic E-state index is 5.46. The van der Waals surface area contributed by atoms with E-state index < -0.39 is 0 Å². The van der Waals surface area contributed by atoms with Crippen molar-refractivity contribution in [1.29, 1.82) is 0 Å². The molecule has 1 rings (SSSR count). The van der Waals surface area contributed by atoms with Gasteiger partial charge in [0.2, 0.25) is 0 Å². The minimum Gasteiger partial charge on any atom is -0.383 e. The molecule has 0 atom stereocenters. The Morgan fingerprint density at radius 2 is 2.47 bits per heavy atom. The van der Waals surface area contributed by atoms with E-state index in [1.54, 1.807) is 11.8 Å². The topological polar surface area (TPSA) is 69.2 Å². The lowest BCUT2D eigenvalue weighted by Gasteiger charge is -2.18. The van der Waals surface area contributed by atoms with Crippen molar-refractivity contribution >= 4 is 0 Å². The molecular formula is C11H21N5O. The zero-order valence-electron chi connectivity index (χ0n) is 10.4. The minimum absolute atomic E-state index is 0.572. The second kappa shape index (κ2) is 7.94. The molecule has 0 aliphatic carbocycles. The van der Waals surface area contributed by atoms with Gasteiger partial charge in [0.1, 0.15) is 0 Å². The number of hydrogen-bond donors (Lipinski definition) is 1. The summed E-state index contributed by atoms with van der Waals surface area (Å²) in [6.45, 7) is 8.13. The summed E-state index contributed by atoms with van der Waals surface area (Å²) >= 11 is 0. The molecule has 17 heavy (non-hydrogen) atoms. The first-order valence-electron chi connectivity index (χ1n) is 5.71. The van der Waals surface area contributed by atoms with Crippen LogP contribution in [0.25, 0.3) is 0 Å². The quantitative estimate of drug-likeness (QED) is 0.608. The lowest BCUT2D eigenvalue weighted by molar-refractivity contribution is 0.150. The number of nitrogens with two attached hydrogens (primary N) is 1. The Hall–Kier alpha value is -1.24. The monoisotopic (exact) mass is 239 g/mol. The second-order valence-corrected chi connectivity index (χ2v) is 3.78. The van der Waals surface area contributed by atoms with Crippen molar-refractivity contribution in [1.82, 2.24) is 19.9 Å². The largest absolute Gasteiger partial charge is 0.383 e. The van der Waals surface area contributed by atoms with Gasteiger partial charge in [0.25, 0.3) is 0 Å². The molecule has 1 heterocycles. The van der Waals surface area contributed by atoms with Crippen molar-refractivity contribution in [2.75, 3.05) is 33.4 Å².